The van der Waals surface area contributed by atoms with Crippen LogP contribution in [-0.2, 0) is 0 Å². The van der Waals surface area contributed by atoms with Crippen molar-refractivity contribution in [3.8, 4) is 17.2 Å². The number of aromatic hydroxyl groups is 1. The number of fused-ring (bicyclic) bond motifs is 1. The number of hydrogen-bond acceptors (Lipinski definition) is 5. The van der Waals surface area contributed by atoms with Gasteiger partial charge in [-0.25, -0.2) is 5.43 Å². The van der Waals surface area contributed by atoms with Gasteiger partial charge >= 0.3 is 0 Å². The topological polar surface area (TPSA) is 80.2 Å². The van der Waals surface area contributed by atoms with Crippen LogP contribution in [0.15, 0.2) is 58.1 Å². The molecule has 0 radical (unpaired) electrons. The number of hydrazone groups is 1. The molecule has 0 aliphatic rings. The Morgan fingerprint density at radius 1 is 1.18 bits per heavy atom. The fourth-order valence-corrected chi connectivity index (χ4v) is 3.15. The molecule has 3 aromatic carbocycles. The van der Waals surface area contributed by atoms with Crippen LogP contribution in [0.4, 0.5) is 0 Å². The molecular formula is C21H19BrN2O4. The second-order valence-corrected chi connectivity index (χ2v) is 6.73. The Hall–Kier alpha value is -3.06. The number of halogens is 1. The van der Waals surface area contributed by atoms with Crippen molar-refractivity contribution < 1.29 is 19.4 Å². The van der Waals surface area contributed by atoms with Gasteiger partial charge in [-0.2, -0.15) is 5.10 Å². The first-order chi connectivity index (χ1) is 13.5. The van der Waals surface area contributed by atoms with Gasteiger partial charge in [-0.3, -0.25) is 4.79 Å². The normalized spacial score (nSPS) is 11.0. The maximum atomic E-state index is 12.6. The average Bonchev–Trinajstić information content (AvgIpc) is 2.70. The number of methoxy groups -OCH3 is 1. The number of rotatable bonds is 6. The van der Waals surface area contributed by atoms with Gasteiger partial charge in [0.2, 0.25) is 0 Å². The molecule has 0 bridgehead atoms. The van der Waals surface area contributed by atoms with E-state index in [-0.39, 0.29) is 5.75 Å². The summed E-state index contributed by atoms with van der Waals surface area (Å²) in [5, 5.41) is 15.8. The van der Waals surface area contributed by atoms with Crippen molar-refractivity contribution in [1.82, 2.24) is 5.43 Å². The zero-order chi connectivity index (χ0) is 20.1. The highest BCUT2D eigenvalue weighted by atomic mass is 79.9. The van der Waals surface area contributed by atoms with E-state index in [0.29, 0.717) is 33.7 Å². The smallest absolute Gasteiger partial charge is 0.275 e. The third kappa shape index (κ3) is 4.26. The number of ether oxygens (including phenoxy) is 2. The number of benzene rings is 3. The minimum absolute atomic E-state index is 0.0239. The average molecular weight is 443 g/mol. The summed E-state index contributed by atoms with van der Waals surface area (Å²) in [5.41, 5.74) is 3.54. The highest BCUT2D eigenvalue weighted by molar-refractivity contribution is 9.10. The highest BCUT2D eigenvalue weighted by Crippen LogP contribution is 2.32. The molecule has 0 saturated carbocycles. The van der Waals surface area contributed by atoms with Gasteiger partial charge in [0.15, 0.2) is 11.5 Å². The fourth-order valence-electron chi connectivity index (χ4n) is 2.72. The zero-order valence-corrected chi connectivity index (χ0v) is 17.0. The van der Waals surface area contributed by atoms with Crippen LogP contribution in [0.3, 0.4) is 0 Å². The van der Waals surface area contributed by atoms with E-state index < -0.39 is 5.91 Å². The van der Waals surface area contributed by atoms with Crippen molar-refractivity contribution in [1.29, 1.82) is 0 Å². The van der Waals surface area contributed by atoms with Gasteiger partial charge in [0.05, 0.1) is 25.5 Å². The van der Waals surface area contributed by atoms with Crippen molar-refractivity contribution in [2.45, 2.75) is 6.92 Å². The lowest BCUT2D eigenvalue weighted by atomic mass is 10.1. The largest absolute Gasteiger partial charge is 0.504 e. The Bertz CT molecular complexity index is 1050. The van der Waals surface area contributed by atoms with E-state index in [1.54, 1.807) is 12.1 Å². The van der Waals surface area contributed by atoms with Gasteiger partial charge in [-0.15, -0.1) is 0 Å². The third-order valence-corrected chi connectivity index (χ3v) is 4.75. The molecule has 0 saturated heterocycles. The van der Waals surface area contributed by atoms with E-state index in [1.165, 1.54) is 19.4 Å². The summed E-state index contributed by atoms with van der Waals surface area (Å²) in [6.07, 6.45) is 1.47. The number of hydrogen-bond donors (Lipinski definition) is 2. The maximum absolute atomic E-state index is 12.6. The number of phenols is 1. The lowest BCUT2D eigenvalue weighted by molar-refractivity contribution is 0.0952. The first-order valence-electron chi connectivity index (χ1n) is 8.59. The lowest BCUT2D eigenvalue weighted by Gasteiger charge is -2.10. The number of carbonyl (C=O) groups excluding carboxylic acids is 1. The summed E-state index contributed by atoms with van der Waals surface area (Å²) < 4.78 is 11.3. The van der Waals surface area contributed by atoms with Gasteiger partial charge in [0.25, 0.3) is 5.91 Å². The maximum Gasteiger partial charge on any atom is 0.275 e. The second-order valence-electron chi connectivity index (χ2n) is 5.87. The predicted octanol–water partition coefficient (Wildman–Crippen LogP) is 4.48. The van der Waals surface area contributed by atoms with Crippen LogP contribution in [0, 0.1) is 0 Å². The van der Waals surface area contributed by atoms with E-state index in [0.717, 1.165) is 10.8 Å². The summed E-state index contributed by atoms with van der Waals surface area (Å²) in [7, 11) is 1.52. The van der Waals surface area contributed by atoms with Gasteiger partial charge < -0.3 is 14.6 Å². The molecule has 1 amide bonds. The monoisotopic (exact) mass is 442 g/mol. The van der Waals surface area contributed by atoms with Crippen LogP contribution in [0.5, 0.6) is 17.2 Å². The van der Waals surface area contributed by atoms with E-state index in [4.69, 9.17) is 9.47 Å². The van der Waals surface area contributed by atoms with Gasteiger partial charge in [0, 0.05) is 10.0 Å². The minimum Gasteiger partial charge on any atom is -0.504 e. The molecule has 7 heteroatoms. The Morgan fingerprint density at radius 3 is 2.57 bits per heavy atom. The molecule has 3 aromatic rings. The van der Waals surface area contributed by atoms with Crippen molar-refractivity contribution in [3.05, 3.63) is 64.1 Å². The second kappa shape index (κ2) is 8.75. The minimum atomic E-state index is -0.390. The first-order valence-corrected chi connectivity index (χ1v) is 9.38. The number of nitrogens with zero attached hydrogens (tertiary/aromatic N) is 1. The van der Waals surface area contributed by atoms with Crippen LogP contribution < -0.4 is 14.9 Å². The molecule has 2 N–H and O–H groups in total. The Labute approximate surface area is 170 Å². The number of phenolic OH excluding ortho intramolecular Hbond substituents is 1. The third-order valence-electron chi connectivity index (χ3n) is 4.06. The molecule has 0 spiro atoms. The predicted molar refractivity (Wildman–Crippen MR) is 113 cm³/mol. The van der Waals surface area contributed by atoms with E-state index >= 15 is 0 Å². The van der Waals surface area contributed by atoms with Crippen LogP contribution in [0.1, 0.15) is 22.8 Å². The molecule has 0 aliphatic heterocycles. The molecule has 0 atom stereocenters. The number of nitrogens with one attached hydrogen (secondary N) is 1. The van der Waals surface area contributed by atoms with Crippen LogP contribution >= 0.6 is 15.9 Å². The molecule has 0 aliphatic carbocycles. The molecule has 144 valence electrons. The van der Waals surface area contributed by atoms with Gasteiger partial charge in [-0.1, -0.05) is 24.3 Å². The Kier molecular flexibility index (Phi) is 6.16. The van der Waals surface area contributed by atoms with Crippen molar-refractivity contribution in [3.63, 3.8) is 0 Å². The SMILES string of the molecule is CCOc1cc(/C=N\NC(=O)c2cc3ccccc3cc2OC)c(Br)cc1O. The van der Waals surface area contributed by atoms with Gasteiger partial charge in [0.1, 0.15) is 5.75 Å². The summed E-state index contributed by atoms with van der Waals surface area (Å²) in [6, 6.07) is 14.5. The molecule has 28 heavy (non-hydrogen) atoms. The number of carbonyl (C=O) groups is 1. The lowest BCUT2D eigenvalue weighted by Crippen LogP contribution is -2.18. The molecule has 6 nitrogen and oxygen atoms in total. The quantitative estimate of drug-likeness (QED) is 0.435. The molecule has 0 fully saturated rings. The summed E-state index contributed by atoms with van der Waals surface area (Å²) in [6.45, 7) is 2.25. The molecule has 0 unspecified atom stereocenters. The van der Waals surface area contributed by atoms with Crippen molar-refractivity contribution in [2.24, 2.45) is 5.10 Å². The molecule has 3 rings (SSSR count). The summed E-state index contributed by atoms with van der Waals surface area (Å²) in [5.74, 6) is 0.445. The Balaban J connectivity index is 1.82. The highest BCUT2D eigenvalue weighted by Gasteiger charge is 2.13. The zero-order valence-electron chi connectivity index (χ0n) is 15.4. The van der Waals surface area contributed by atoms with E-state index in [1.807, 2.05) is 37.3 Å². The van der Waals surface area contributed by atoms with Crippen LogP contribution in [0.2, 0.25) is 0 Å². The summed E-state index contributed by atoms with van der Waals surface area (Å²) in [4.78, 5) is 12.6. The first kappa shape index (κ1) is 19.7. The fraction of sp³-hybridized carbons (Fsp3) is 0.143. The number of amides is 1. The molecular weight excluding hydrogens is 424 g/mol. The van der Waals surface area contributed by atoms with Crippen molar-refractivity contribution in [2.75, 3.05) is 13.7 Å². The standard InChI is InChI=1S/C21H19BrN2O4/c1-3-28-20-10-15(17(22)11-18(20)25)12-23-24-21(26)16-8-13-6-4-5-7-14(13)9-19(16)27-2/h4-12,25H,3H2,1-2H3,(H,24,26)/b23-12-. The summed E-state index contributed by atoms with van der Waals surface area (Å²) >= 11 is 3.35. The van der Waals surface area contributed by atoms with Crippen molar-refractivity contribution >= 4 is 38.8 Å². The van der Waals surface area contributed by atoms with Crippen LogP contribution in [0.25, 0.3) is 10.8 Å². The van der Waals surface area contributed by atoms with Crippen LogP contribution in [-0.4, -0.2) is 30.9 Å². The Morgan fingerprint density at radius 2 is 1.89 bits per heavy atom. The van der Waals surface area contributed by atoms with E-state index in [2.05, 4.69) is 26.5 Å². The molecule has 0 aromatic heterocycles. The molecule has 0 heterocycles. The van der Waals surface area contributed by atoms with E-state index in [9.17, 15) is 9.90 Å². The van der Waals surface area contributed by atoms with Gasteiger partial charge in [-0.05, 0) is 57.9 Å².